The number of ether oxygens (including phenoxy) is 1. The monoisotopic (exact) mass is 475 g/mol. The summed E-state index contributed by atoms with van der Waals surface area (Å²) < 4.78 is 5.89. The minimum atomic E-state index is -0.125. The number of carbonyl (C=O) groups is 2. The Morgan fingerprint density at radius 3 is 2.55 bits per heavy atom. The van der Waals surface area contributed by atoms with Crippen LogP contribution in [0.4, 0.5) is 5.69 Å². The predicted molar refractivity (Wildman–Crippen MR) is 126 cm³/mol. The van der Waals surface area contributed by atoms with Gasteiger partial charge in [0, 0.05) is 22.6 Å². The average molecular weight is 476 g/mol. The molecule has 0 atom stereocenters. The Morgan fingerprint density at radius 1 is 1.10 bits per heavy atom. The number of carbonyl (C=O) groups excluding carboxylic acids is 2. The number of anilines is 1. The Kier molecular flexibility index (Phi) is 8.75. The van der Waals surface area contributed by atoms with Crippen LogP contribution in [0.25, 0.3) is 0 Å². The van der Waals surface area contributed by atoms with E-state index in [1.54, 1.807) is 31.4 Å². The van der Waals surface area contributed by atoms with Crippen molar-refractivity contribution in [3.05, 3.63) is 70.2 Å². The van der Waals surface area contributed by atoms with E-state index < -0.39 is 0 Å². The van der Waals surface area contributed by atoms with Crippen molar-refractivity contribution in [3.63, 3.8) is 0 Å². The maximum absolute atomic E-state index is 12.2. The van der Waals surface area contributed by atoms with E-state index in [1.165, 1.54) is 23.1 Å². The van der Waals surface area contributed by atoms with E-state index in [2.05, 4.69) is 15.6 Å². The second-order valence-electron chi connectivity index (χ2n) is 6.57. The fourth-order valence-corrected chi connectivity index (χ4v) is 4.43. The molecule has 3 rings (SSSR count). The number of methoxy groups -OCH3 is 1. The third kappa shape index (κ3) is 7.90. The zero-order chi connectivity index (χ0) is 22.1. The third-order valence-electron chi connectivity index (χ3n) is 4.22. The summed E-state index contributed by atoms with van der Waals surface area (Å²) in [6.45, 7) is 0.557. The number of halogens is 1. The lowest BCUT2D eigenvalue weighted by molar-refractivity contribution is -0.120. The van der Waals surface area contributed by atoms with Gasteiger partial charge in [0.05, 0.1) is 25.0 Å². The molecule has 0 radical (unpaired) electrons. The van der Waals surface area contributed by atoms with Gasteiger partial charge in [-0.05, 0) is 48.4 Å². The summed E-state index contributed by atoms with van der Waals surface area (Å²) in [5.74, 6) is 0.854. The number of benzene rings is 2. The van der Waals surface area contributed by atoms with Gasteiger partial charge in [-0.3, -0.25) is 9.59 Å². The molecule has 0 aliphatic carbocycles. The lowest BCUT2D eigenvalue weighted by Crippen LogP contribution is -2.27. The van der Waals surface area contributed by atoms with E-state index in [4.69, 9.17) is 16.3 Å². The van der Waals surface area contributed by atoms with Crippen molar-refractivity contribution >= 4 is 52.2 Å². The standard InChI is InChI=1S/C22H22ClN3O3S2/c1-29-19-8-2-15(3-9-19)10-11-24-20(27)12-18-13-30-22(26-18)31-14-21(28)25-17-6-4-16(23)5-7-17/h2-9,13H,10-12,14H2,1H3,(H,24,27)(H,25,28). The number of thiazole rings is 1. The molecule has 0 fully saturated rings. The van der Waals surface area contributed by atoms with Gasteiger partial charge in [0.25, 0.3) is 0 Å². The molecular weight excluding hydrogens is 454 g/mol. The van der Waals surface area contributed by atoms with E-state index in [-0.39, 0.29) is 24.0 Å². The van der Waals surface area contributed by atoms with Crippen LogP contribution in [0.1, 0.15) is 11.3 Å². The van der Waals surface area contributed by atoms with Crippen LogP contribution in [0.15, 0.2) is 58.3 Å². The van der Waals surface area contributed by atoms with Gasteiger partial charge in [0.2, 0.25) is 11.8 Å². The maximum atomic E-state index is 12.2. The molecule has 0 aliphatic rings. The van der Waals surface area contributed by atoms with Crippen LogP contribution in [0.3, 0.4) is 0 Å². The van der Waals surface area contributed by atoms with Crippen molar-refractivity contribution in [1.82, 2.24) is 10.3 Å². The van der Waals surface area contributed by atoms with Gasteiger partial charge in [-0.1, -0.05) is 35.5 Å². The first kappa shape index (κ1) is 23.1. The van der Waals surface area contributed by atoms with Crippen LogP contribution in [0.5, 0.6) is 5.75 Å². The first-order chi connectivity index (χ1) is 15.0. The largest absolute Gasteiger partial charge is 0.497 e. The maximum Gasteiger partial charge on any atom is 0.234 e. The Hall–Kier alpha value is -2.55. The first-order valence-corrected chi connectivity index (χ1v) is 11.8. The summed E-state index contributed by atoms with van der Waals surface area (Å²) in [5, 5.41) is 8.19. The lowest BCUT2D eigenvalue weighted by Gasteiger charge is -2.05. The van der Waals surface area contributed by atoms with Gasteiger partial charge in [0.15, 0.2) is 4.34 Å². The van der Waals surface area contributed by atoms with Crippen molar-refractivity contribution in [2.24, 2.45) is 0 Å². The molecule has 31 heavy (non-hydrogen) atoms. The van der Waals surface area contributed by atoms with Gasteiger partial charge in [-0.15, -0.1) is 11.3 Å². The molecule has 162 valence electrons. The highest BCUT2D eigenvalue weighted by Crippen LogP contribution is 2.23. The number of aromatic nitrogens is 1. The van der Waals surface area contributed by atoms with Crippen molar-refractivity contribution < 1.29 is 14.3 Å². The minimum absolute atomic E-state index is 0.0733. The van der Waals surface area contributed by atoms with Crippen LogP contribution in [0, 0.1) is 0 Å². The molecule has 1 heterocycles. The van der Waals surface area contributed by atoms with Crippen molar-refractivity contribution in [3.8, 4) is 5.75 Å². The van der Waals surface area contributed by atoms with E-state index >= 15 is 0 Å². The zero-order valence-electron chi connectivity index (χ0n) is 16.9. The molecule has 0 saturated heterocycles. The number of thioether (sulfide) groups is 1. The van der Waals surface area contributed by atoms with Gasteiger partial charge < -0.3 is 15.4 Å². The fraction of sp³-hybridized carbons (Fsp3) is 0.227. The number of rotatable bonds is 10. The smallest absolute Gasteiger partial charge is 0.234 e. The van der Waals surface area contributed by atoms with Crippen LogP contribution >= 0.6 is 34.7 Å². The Labute approximate surface area is 194 Å². The molecule has 0 bridgehead atoms. The topological polar surface area (TPSA) is 80.3 Å². The summed E-state index contributed by atoms with van der Waals surface area (Å²) in [6, 6.07) is 14.7. The molecule has 3 aromatic rings. The van der Waals surface area contributed by atoms with Crippen LogP contribution in [-0.2, 0) is 22.4 Å². The highest BCUT2D eigenvalue weighted by Gasteiger charge is 2.10. The normalized spacial score (nSPS) is 10.5. The minimum Gasteiger partial charge on any atom is -0.497 e. The molecule has 0 aliphatic heterocycles. The van der Waals surface area contributed by atoms with Gasteiger partial charge >= 0.3 is 0 Å². The van der Waals surface area contributed by atoms with Crippen molar-refractivity contribution in [2.75, 3.05) is 24.7 Å². The molecular formula is C22H22ClN3O3S2. The lowest BCUT2D eigenvalue weighted by atomic mass is 10.1. The van der Waals surface area contributed by atoms with Gasteiger partial charge in [0.1, 0.15) is 5.75 Å². The number of hydrogen-bond donors (Lipinski definition) is 2. The van der Waals surface area contributed by atoms with E-state index in [0.29, 0.717) is 22.9 Å². The molecule has 2 amide bonds. The van der Waals surface area contributed by atoms with Gasteiger partial charge in [-0.25, -0.2) is 4.98 Å². The fourth-order valence-electron chi connectivity index (χ4n) is 2.66. The van der Waals surface area contributed by atoms with Crippen LogP contribution < -0.4 is 15.4 Å². The summed E-state index contributed by atoms with van der Waals surface area (Å²) in [7, 11) is 1.63. The summed E-state index contributed by atoms with van der Waals surface area (Å²) in [5.41, 5.74) is 2.53. The Morgan fingerprint density at radius 2 is 1.84 bits per heavy atom. The average Bonchev–Trinajstić information content (AvgIpc) is 3.21. The summed E-state index contributed by atoms with van der Waals surface area (Å²) in [6.07, 6.45) is 0.966. The van der Waals surface area contributed by atoms with Crippen LogP contribution in [0.2, 0.25) is 5.02 Å². The zero-order valence-corrected chi connectivity index (χ0v) is 19.3. The first-order valence-electron chi connectivity index (χ1n) is 9.54. The number of nitrogens with one attached hydrogen (secondary N) is 2. The molecule has 0 saturated carbocycles. The molecule has 6 nitrogen and oxygen atoms in total. The molecule has 0 spiro atoms. The SMILES string of the molecule is COc1ccc(CCNC(=O)Cc2csc(SCC(=O)Nc3ccc(Cl)cc3)n2)cc1. The van der Waals surface area contributed by atoms with Gasteiger partial charge in [-0.2, -0.15) is 0 Å². The Bertz CT molecular complexity index is 1010. The third-order valence-corrected chi connectivity index (χ3v) is 6.54. The second-order valence-corrected chi connectivity index (χ2v) is 9.09. The summed E-state index contributed by atoms with van der Waals surface area (Å²) in [4.78, 5) is 28.7. The highest BCUT2D eigenvalue weighted by atomic mass is 35.5. The van der Waals surface area contributed by atoms with E-state index in [1.807, 2.05) is 29.6 Å². The second kappa shape index (κ2) is 11.7. The van der Waals surface area contributed by atoms with E-state index in [0.717, 1.165) is 22.1 Å². The van der Waals surface area contributed by atoms with E-state index in [9.17, 15) is 9.59 Å². The molecule has 2 aromatic carbocycles. The number of amides is 2. The highest BCUT2D eigenvalue weighted by molar-refractivity contribution is 8.01. The van der Waals surface area contributed by atoms with Crippen molar-refractivity contribution in [1.29, 1.82) is 0 Å². The quantitative estimate of drug-likeness (QED) is 0.424. The Balaban J connectivity index is 1.37. The molecule has 2 N–H and O–H groups in total. The van der Waals surface area contributed by atoms with Crippen molar-refractivity contribution in [2.45, 2.75) is 17.2 Å². The van der Waals surface area contributed by atoms with Crippen LogP contribution in [-0.4, -0.2) is 36.2 Å². The molecule has 1 aromatic heterocycles. The number of hydrogen-bond acceptors (Lipinski definition) is 6. The molecule has 9 heteroatoms. The molecule has 0 unspecified atom stereocenters. The number of nitrogens with zero attached hydrogens (tertiary/aromatic N) is 1. The predicted octanol–water partition coefficient (Wildman–Crippen LogP) is 4.44. The summed E-state index contributed by atoms with van der Waals surface area (Å²) >= 11 is 8.61.